The number of aliphatic hydroxyl groups excluding tert-OH is 1. The molecule has 0 atom stereocenters. The zero-order valence-corrected chi connectivity index (χ0v) is 8.73. The van der Waals surface area contributed by atoms with Gasteiger partial charge >= 0.3 is 5.97 Å². The number of esters is 1. The van der Waals surface area contributed by atoms with Gasteiger partial charge in [-0.15, -0.1) is 0 Å². The molecule has 0 aromatic rings. The summed E-state index contributed by atoms with van der Waals surface area (Å²) in [4.78, 5) is 11.0. The Bertz CT molecular complexity index is 178. The van der Waals surface area contributed by atoms with Gasteiger partial charge < -0.3 is 9.84 Å². The minimum atomic E-state index is -0.109. The van der Waals surface area contributed by atoms with E-state index in [1.54, 1.807) is 11.8 Å². The number of carbonyl (C=O) groups is 1. The van der Waals surface area contributed by atoms with Crippen LogP contribution in [0.25, 0.3) is 0 Å². The first kappa shape index (κ1) is 10.9. The fraction of sp³-hybridized carbons (Fsp3) is 0.889. The van der Waals surface area contributed by atoms with Crippen molar-refractivity contribution in [3.8, 4) is 0 Å². The largest absolute Gasteiger partial charge is 0.469 e. The highest BCUT2D eigenvalue weighted by molar-refractivity contribution is 7.99. The third-order valence-corrected chi connectivity index (χ3v) is 3.64. The molecule has 0 bridgehead atoms. The first-order valence-corrected chi connectivity index (χ1v) is 5.63. The van der Waals surface area contributed by atoms with E-state index in [2.05, 4.69) is 4.74 Å². The van der Waals surface area contributed by atoms with Crippen molar-refractivity contribution in [2.75, 3.05) is 25.2 Å². The van der Waals surface area contributed by atoms with Crippen LogP contribution in [0.5, 0.6) is 0 Å². The summed E-state index contributed by atoms with van der Waals surface area (Å²) < 4.78 is 4.63. The quantitative estimate of drug-likeness (QED) is 0.519. The van der Waals surface area contributed by atoms with E-state index in [4.69, 9.17) is 5.11 Å². The molecule has 0 radical (unpaired) electrons. The van der Waals surface area contributed by atoms with E-state index in [9.17, 15) is 4.79 Å². The maximum Gasteiger partial charge on any atom is 0.306 e. The van der Waals surface area contributed by atoms with E-state index in [-0.39, 0.29) is 18.0 Å². The maximum atomic E-state index is 11.0. The normalized spacial score (nSPS) is 18.3. The molecule has 0 aromatic heterocycles. The van der Waals surface area contributed by atoms with Gasteiger partial charge in [0.05, 0.1) is 20.1 Å². The number of methoxy groups -OCH3 is 1. The number of ether oxygens (including phenoxy) is 1. The first-order chi connectivity index (χ1) is 6.22. The molecule has 1 N–H and O–H groups in total. The van der Waals surface area contributed by atoms with Crippen molar-refractivity contribution in [1.82, 2.24) is 0 Å². The maximum absolute atomic E-state index is 11.0. The summed E-state index contributed by atoms with van der Waals surface area (Å²) in [5.74, 6) is 1.63. The molecule has 1 aliphatic rings. The Labute approximate surface area is 82.8 Å². The lowest BCUT2D eigenvalue weighted by molar-refractivity contribution is -0.141. The second-order valence-electron chi connectivity index (χ2n) is 3.53. The highest BCUT2D eigenvalue weighted by Crippen LogP contribution is 2.51. The van der Waals surface area contributed by atoms with Crippen molar-refractivity contribution in [2.45, 2.75) is 19.3 Å². The summed E-state index contributed by atoms with van der Waals surface area (Å²) in [6, 6.07) is 0. The Hall–Kier alpha value is -0.220. The lowest BCUT2D eigenvalue weighted by Crippen LogP contribution is -2.13. The average molecular weight is 204 g/mol. The molecule has 1 fully saturated rings. The highest BCUT2D eigenvalue weighted by Gasteiger charge is 2.44. The molecule has 0 amide bonds. The molecule has 0 spiro atoms. The number of thioether (sulfide) groups is 1. The minimum Gasteiger partial charge on any atom is -0.469 e. The molecular formula is C9H16O3S. The number of hydrogen-bond acceptors (Lipinski definition) is 4. The van der Waals surface area contributed by atoms with Crippen molar-refractivity contribution in [3.63, 3.8) is 0 Å². The summed E-state index contributed by atoms with van der Waals surface area (Å²) in [7, 11) is 1.43. The lowest BCUT2D eigenvalue weighted by Gasteiger charge is -2.12. The summed E-state index contributed by atoms with van der Waals surface area (Å²) in [6.07, 6.45) is 2.79. The van der Waals surface area contributed by atoms with Crippen LogP contribution in [0.1, 0.15) is 19.3 Å². The molecule has 13 heavy (non-hydrogen) atoms. The number of carbonyl (C=O) groups excluding carboxylic acids is 1. The third-order valence-electron chi connectivity index (χ3n) is 2.35. The van der Waals surface area contributed by atoms with Gasteiger partial charge in [0.1, 0.15) is 0 Å². The van der Waals surface area contributed by atoms with Crippen LogP contribution in [0.2, 0.25) is 0 Å². The van der Waals surface area contributed by atoms with Crippen molar-refractivity contribution >= 4 is 17.7 Å². The lowest BCUT2D eigenvalue weighted by atomic mass is 10.1. The molecule has 0 unspecified atom stereocenters. The molecule has 3 nitrogen and oxygen atoms in total. The van der Waals surface area contributed by atoms with Gasteiger partial charge in [-0.1, -0.05) is 0 Å². The molecule has 0 aromatic carbocycles. The zero-order valence-electron chi connectivity index (χ0n) is 7.91. The molecule has 1 saturated carbocycles. The topological polar surface area (TPSA) is 46.5 Å². The molecule has 1 rings (SSSR count). The smallest absolute Gasteiger partial charge is 0.306 e. The Morgan fingerprint density at radius 1 is 1.62 bits per heavy atom. The van der Waals surface area contributed by atoms with Crippen LogP contribution in [-0.2, 0) is 9.53 Å². The summed E-state index contributed by atoms with van der Waals surface area (Å²) in [6.45, 7) is 0.221. The first-order valence-electron chi connectivity index (χ1n) is 4.48. The molecule has 4 heteroatoms. The molecular weight excluding hydrogens is 188 g/mol. The summed E-state index contributed by atoms with van der Waals surface area (Å²) in [5, 5.41) is 8.60. The predicted molar refractivity (Wildman–Crippen MR) is 52.7 cm³/mol. The van der Waals surface area contributed by atoms with Crippen molar-refractivity contribution in [2.24, 2.45) is 5.41 Å². The van der Waals surface area contributed by atoms with Gasteiger partial charge in [-0.05, 0) is 24.0 Å². The fourth-order valence-corrected chi connectivity index (χ4v) is 2.38. The molecule has 0 heterocycles. The zero-order chi connectivity index (χ0) is 9.73. The fourth-order valence-electron chi connectivity index (χ4n) is 1.28. The van der Waals surface area contributed by atoms with Crippen LogP contribution in [0.3, 0.4) is 0 Å². The van der Waals surface area contributed by atoms with Gasteiger partial charge in [-0.2, -0.15) is 11.8 Å². The van der Waals surface area contributed by atoms with Crippen molar-refractivity contribution in [3.05, 3.63) is 0 Å². The van der Waals surface area contributed by atoms with Crippen LogP contribution in [0.15, 0.2) is 0 Å². The Kier molecular flexibility index (Phi) is 4.06. The monoisotopic (exact) mass is 204 g/mol. The van der Waals surface area contributed by atoms with E-state index < -0.39 is 0 Å². The van der Waals surface area contributed by atoms with Crippen molar-refractivity contribution < 1.29 is 14.6 Å². The molecule has 0 saturated heterocycles. The second-order valence-corrected chi connectivity index (χ2v) is 4.63. The van der Waals surface area contributed by atoms with Gasteiger partial charge in [0, 0.05) is 5.75 Å². The standard InChI is InChI=1S/C9H16O3S/c1-12-8(11)6-9(2-3-9)7-13-5-4-10/h10H,2-7H2,1H3. The number of rotatable bonds is 6. The molecule has 76 valence electrons. The Morgan fingerprint density at radius 3 is 2.77 bits per heavy atom. The number of aliphatic hydroxyl groups is 1. The van der Waals surface area contributed by atoms with Gasteiger partial charge in [-0.3, -0.25) is 4.79 Å². The van der Waals surface area contributed by atoms with Crippen LogP contribution in [0, 0.1) is 5.41 Å². The SMILES string of the molecule is COC(=O)CC1(CSCCO)CC1. The van der Waals surface area contributed by atoms with Crippen LogP contribution >= 0.6 is 11.8 Å². The van der Waals surface area contributed by atoms with E-state index in [0.29, 0.717) is 6.42 Å². The molecule has 1 aliphatic carbocycles. The van der Waals surface area contributed by atoms with E-state index >= 15 is 0 Å². The Balaban J connectivity index is 2.18. The van der Waals surface area contributed by atoms with Crippen LogP contribution in [-0.4, -0.2) is 36.3 Å². The summed E-state index contributed by atoms with van der Waals surface area (Å²) >= 11 is 1.72. The predicted octanol–water partition coefficient (Wildman–Crippen LogP) is 1.06. The Morgan fingerprint density at radius 2 is 2.31 bits per heavy atom. The van der Waals surface area contributed by atoms with Gasteiger partial charge in [-0.25, -0.2) is 0 Å². The van der Waals surface area contributed by atoms with Gasteiger partial charge in [0.25, 0.3) is 0 Å². The third kappa shape index (κ3) is 3.56. The van der Waals surface area contributed by atoms with Crippen LogP contribution in [0.4, 0.5) is 0 Å². The van der Waals surface area contributed by atoms with E-state index in [1.165, 1.54) is 7.11 Å². The second kappa shape index (κ2) is 4.86. The van der Waals surface area contributed by atoms with Gasteiger partial charge in [0.15, 0.2) is 0 Å². The highest BCUT2D eigenvalue weighted by atomic mass is 32.2. The average Bonchev–Trinajstić information content (AvgIpc) is 2.86. The van der Waals surface area contributed by atoms with Crippen molar-refractivity contribution in [1.29, 1.82) is 0 Å². The number of hydrogen-bond donors (Lipinski definition) is 1. The minimum absolute atomic E-state index is 0.109. The summed E-state index contributed by atoms with van der Waals surface area (Å²) in [5.41, 5.74) is 0.201. The van der Waals surface area contributed by atoms with Gasteiger partial charge in [0.2, 0.25) is 0 Å². The molecule has 0 aliphatic heterocycles. The van der Waals surface area contributed by atoms with Crippen LogP contribution < -0.4 is 0 Å². The van der Waals surface area contributed by atoms with E-state index in [1.807, 2.05) is 0 Å². The van der Waals surface area contributed by atoms with E-state index in [0.717, 1.165) is 24.3 Å².